The molecule has 1 aliphatic carbocycles. The van der Waals surface area contributed by atoms with Crippen molar-refractivity contribution >= 4 is 38.6 Å². The minimum atomic E-state index is -3.02. The Labute approximate surface area is 259 Å². The summed E-state index contributed by atoms with van der Waals surface area (Å²) in [6, 6.07) is 9.78. The average molecular weight is 626 g/mol. The van der Waals surface area contributed by atoms with E-state index in [1.807, 2.05) is 59.8 Å². The topological polar surface area (TPSA) is 133 Å². The van der Waals surface area contributed by atoms with Crippen LogP contribution in [0.2, 0.25) is 0 Å². The van der Waals surface area contributed by atoms with E-state index in [0.29, 0.717) is 57.3 Å². The molecule has 0 unspecified atom stereocenters. The van der Waals surface area contributed by atoms with E-state index in [1.165, 1.54) is 6.26 Å². The van der Waals surface area contributed by atoms with Crippen LogP contribution in [0.1, 0.15) is 58.8 Å². The minimum Gasteiger partial charge on any atom is -0.493 e. The molecule has 1 aliphatic heterocycles. The van der Waals surface area contributed by atoms with E-state index < -0.39 is 15.3 Å². The normalized spacial score (nSPS) is 20.3. The molecule has 0 radical (unpaired) electrons. The standard InChI is InChI=1S/C32H43N5O6S/c1-4-42-30(39)32(2)15-19-36(20-16-32)29(38)23-9-11-24(12-10-23)34-31-33-17-13-28(35-31)37-18-14-25-26(37)7-5-8-27(25)43-21-6-22-44(3,40)41/h5,7-8,13-14,17-18,23-24H,4,6,9-12,15-16,19-22H2,1-3H3,(H,33,34,35)/t23-,24-. The number of rotatable bonds is 11. The van der Waals surface area contributed by atoms with Crippen LogP contribution in [0.25, 0.3) is 16.7 Å². The van der Waals surface area contributed by atoms with Crippen molar-refractivity contribution in [3.8, 4) is 11.6 Å². The largest absolute Gasteiger partial charge is 0.493 e. The second kappa shape index (κ2) is 13.5. The first kappa shape index (κ1) is 31.7. The molecule has 12 heteroatoms. The highest BCUT2D eigenvalue weighted by Crippen LogP contribution is 2.35. The van der Waals surface area contributed by atoms with E-state index in [-0.39, 0.29) is 29.6 Å². The Morgan fingerprint density at radius 2 is 1.84 bits per heavy atom. The number of anilines is 1. The summed E-state index contributed by atoms with van der Waals surface area (Å²) >= 11 is 0. The molecule has 0 atom stereocenters. The van der Waals surface area contributed by atoms with Gasteiger partial charge in [0.25, 0.3) is 0 Å². The molecule has 3 aromatic rings. The summed E-state index contributed by atoms with van der Waals surface area (Å²) in [4.78, 5) is 36.8. The number of amides is 1. The molecule has 0 bridgehead atoms. The summed E-state index contributed by atoms with van der Waals surface area (Å²) in [5.41, 5.74) is 0.419. The highest BCUT2D eigenvalue weighted by Gasteiger charge is 2.40. The highest BCUT2D eigenvalue weighted by molar-refractivity contribution is 7.90. The van der Waals surface area contributed by atoms with Crippen molar-refractivity contribution in [2.45, 2.75) is 64.8 Å². The first-order valence-corrected chi connectivity index (χ1v) is 17.6. The van der Waals surface area contributed by atoms with Crippen LogP contribution >= 0.6 is 0 Å². The lowest BCUT2D eigenvalue weighted by Crippen LogP contribution is -2.48. The van der Waals surface area contributed by atoms with Gasteiger partial charge in [0, 0.05) is 49.1 Å². The number of sulfone groups is 1. The lowest BCUT2D eigenvalue weighted by molar-refractivity contribution is -0.159. The molecule has 2 aliphatic rings. The number of fused-ring (bicyclic) bond motifs is 1. The van der Waals surface area contributed by atoms with Crippen LogP contribution in [-0.4, -0.2) is 84.1 Å². The Morgan fingerprint density at radius 1 is 1.09 bits per heavy atom. The van der Waals surface area contributed by atoms with E-state index in [9.17, 15) is 18.0 Å². The van der Waals surface area contributed by atoms with Crippen LogP contribution in [-0.2, 0) is 24.2 Å². The van der Waals surface area contributed by atoms with E-state index in [1.54, 1.807) is 6.20 Å². The molecule has 2 fully saturated rings. The van der Waals surface area contributed by atoms with Gasteiger partial charge in [0.2, 0.25) is 11.9 Å². The number of hydrogen-bond acceptors (Lipinski definition) is 9. The predicted molar refractivity (Wildman–Crippen MR) is 169 cm³/mol. The summed E-state index contributed by atoms with van der Waals surface area (Å²) in [5, 5.41) is 4.40. The van der Waals surface area contributed by atoms with E-state index in [2.05, 4.69) is 10.3 Å². The maximum Gasteiger partial charge on any atom is 0.311 e. The Morgan fingerprint density at radius 3 is 2.55 bits per heavy atom. The third-order valence-electron chi connectivity index (χ3n) is 8.85. The molecule has 2 aromatic heterocycles. The molecule has 1 N–H and O–H groups in total. The number of carbonyl (C=O) groups excluding carboxylic acids is 2. The van der Waals surface area contributed by atoms with Crippen molar-refractivity contribution in [2.24, 2.45) is 11.3 Å². The van der Waals surface area contributed by atoms with Crippen LogP contribution in [0.5, 0.6) is 5.75 Å². The second-order valence-corrected chi connectivity index (χ2v) is 14.5. The molecular weight excluding hydrogens is 582 g/mol. The number of benzene rings is 1. The molecule has 1 saturated carbocycles. The zero-order valence-corrected chi connectivity index (χ0v) is 26.6. The molecule has 3 heterocycles. The zero-order chi connectivity index (χ0) is 31.3. The number of ether oxygens (including phenoxy) is 2. The van der Waals surface area contributed by atoms with Gasteiger partial charge in [0.05, 0.1) is 29.9 Å². The van der Waals surface area contributed by atoms with Crippen LogP contribution in [0.4, 0.5) is 5.95 Å². The van der Waals surface area contributed by atoms with Gasteiger partial charge in [0.15, 0.2) is 0 Å². The van der Waals surface area contributed by atoms with Crippen molar-refractivity contribution in [1.82, 2.24) is 19.4 Å². The van der Waals surface area contributed by atoms with E-state index in [4.69, 9.17) is 14.5 Å². The van der Waals surface area contributed by atoms with Gasteiger partial charge in [-0.2, -0.15) is 4.98 Å². The van der Waals surface area contributed by atoms with Crippen LogP contribution in [0.15, 0.2) is 42.7 Å². The van der Waals surface area contributed by atoms with Gasteiger partial charge in [-0.15, -0.1) is 0 Å². The molecule has 5 rings (SSSR count). The van der Waals surface area contributed by atoms with Gasteiger partial charge in [-0.1, -0.05) is 6.07 Å². The summed E-state index contributed by atoms with van der Waals surface area (Å²) < 4.78 is 36.0. The number of piperidine rings is 1. The summed E-state index contributed by atoms with van der Waals surface area (Å²) in [6.07, 6.45) is 9.92. The fourth-order valence-electron chi connectivity index (χ4n) is 6.18. The first-order valence-electron chi connectivity index (χ1n) is 15.5. The fourth-order valence-corrected chi connectivity index (χ4v) is 6.82. The number of nitrogens with one attached hydrogen (secondary N) is 1. The van der Waals surface area contributed by atoms with Gasteiger partial charge in [0.1, 0.15) is 21.4 Å². The third-order valence-corrected chi connectivity index (χ3v) is 9.88. The van der Waals surface area contributed by atoms with Crippen LogP contribution in [0.3, 0.4) is 0 Å². The van der Waals surface area contributed by atoms with Gasteiger partial charge in [-0.25, -0.2) is 13.4 Å². The second-order valence-electron chi connectivity index (χ2n) is 12.2. The maximum absolute atomic E-state index is 13.3. The molecule has 44 heavy (non-hydrogen) atoms. The monoisotopic (exact) mass is 625 g/mol. The van der Waals surface area contributed by atoms with E-state index in [0.717, 1.165) is 42.4 Å². The highest BCUT2D eigenvalue weighted by atomic mass is 32.2. The van der Waals surface area contributed by atoms with E-state index >= 15 is 0 Å². The lowest BCUT2D eigenvalue weighted by atomic mass is 9.79. The predicted octanol–water partition coefficient (Wildman–Crippen LogP) is 4.40. The van der Waals surface area contributed by atoms with Crippen molar-refractivity contribution in [1.29, 1.82) is 0 Å². The summed E-state index contributed by atoms with van der Waals surface area (Å²) in [6.45, 7) is 5.65. The molecule has 1 saturated heterocycles. The molecule has 1 aromatic carbocycles. The molecule has 1 amide bonds. The van der Waals surface area contributed by atoms with Crippen LogP contribution in [0, 0.1) is 11.3 Å². The average Bonchev–Trinajstić information content (AvgIpc) is 3.45. The Kier molecular flexibility index (Phi) is 9.77. The molecule has 0 spiro atoms. The Balaban J connectivity index is 1.15. The van der Waals surface area contributed by atoms with Gasteiger partial charge >= 0.3 is 5.97 Å². The van der Waals surface area contributed by atoms with Crippen molar-refractivity contribution in [3.63, 3.8) is 0 Å². The number of esters is 1. The van der Waals surface area contributed by atoms with Crippen molar-refractivity contribution in [2.75, 3.05) is 43.6 Å². The molecule has 238 valence electrons. The fraction of sp³-hybridized carbons (Fsp3) is 0.562. The minimum absolute atomic E-state index is 0.00119. The first-order chi connectivity index (χ1) is 21.1. The van der Waals surface area contributed by atoms with Gasteiger partial charge < -0.3 is 24.3 Å². The number of aromatic nitrogens is 3. The third kappa shape index (κ3) is 7.51. The van der Waals surface area contributed by atoms with Gasteiger partial charge in [-0.05, 0) is 83.1 Å². The number of likely N-dealkylation sites (tertiary alicyclic amines) is 1. The number of nitrogens with zero attached hydrogens (tertiary/aromatic N) is 4. The van der Waals surface area contributed by atoms with Crippen molar-refractivity contribution < 1.29 is 27.5 Å². The zero-order valence-electron chi connectivity index (χ0n) is 25.8. The smallest absolute Gasteiger partial charge is 0.311 e. The lowest BCUT2D eigenvalue weighted by Gasteiger charge is -2.39. The molecular formula is C32H43N5O6S. The maximum atomic E-state index is 13.3. The summed E-state index contributed by atoms with van der Waals surface area (Å²) in [5.74, 6) is 2.10. The molecule has 11 nitrogen and oxygen atoms in total. The van der Waals surface area contributed by atoms with Gasteiger partial charge in [-0.3, -0.25) is 9.59 Å². The number of carbonyl (C=O) groups is 2. The number of hydrogen-bond donors (Lipinski definition) is 1. The van der Waals surface area contributed by atoms with Crippen molar-refractivity contribution in [3.05, 3.63) is 42.7 Å². The Bertz CT molecular complexity index is 1570. The SMILES string of the molecule is CCOC(=O)C1(C)CCN(C(=O)[C@H]2CC[C@H](Nc3nccc(-n4ccc5c(OCCCS(C)(=O)=O)cccc54)n3)CC2)CC1. The quantitative estimate of drug-likeness (QED) is 0.243. The van der Waals surface area contributed by atoms with Crippen LogP contribution < -0.4 is 10.1 Å². The Hall–Kier alpha value is -3.67. The summed E-state index contributed by atoms with van der Waals surface area (Å²) in [7, 11) is -3.02.